The number of anilines is 2. The molecule has 1 amide bonds. The van der Waals surface area contributed by atoms with Crippen LogP contribution in [0.2, 0.25) is 5.02 Å². The smallest absolute Gasteiger partial charge is 0.346 e. The molecule has 56 heavy (non-hydrogen) atoms. The third-order valence-electron chi connectivity index (χ3n) is 11.7. The third-order valence-corrected chi connectivity index (χ3v) is 14.3. The first-order chi connectivity index (χ1) is 26.9. The lowest BCUT2D eigenvalue weighted by Gasteiger charge is -2.56. The Bertz CT molecular complexity index is 2500. The zero-order valence-corrected chi connectivity index (χ0v) is 33.3. The molecule has 1 spiro atoms. The van der Waals surface area contributed by atoms with Crippen LogP contribution in [0.5, 0.6) is 6.01 Å². The van der Waals surface area contributed by atoms with Gasteiger partial charge in [0.25, 0.3) is 0 Å². The molecule has 0 bridgehead atoms. The number of nitriles is 1. The molecule has 4 aliphatic rings. The number of hydrogen-bond acceptors (Lipinski definition) is 12. The summed E-state index contributed by atoms with van der Waals surface area (Å²) in [5.74, 6) is 0.794. The van der Waals surface area contributed by atoms with Crippen LogP contribution in [0.4, 0.5) is 24.4 Å². The minimum absolute atomic E-state index is 0.00817. The maximum absolute atomic E-state index is 17.4. The van der Waals surface area contributed by atoms with Gasteiger partial charge in [0.2, 0.25) is 0 Å². The molecule has 3 aromatic heterocycles. The number of amides is 1. The highest BCUT2D eigenvalue weighted by Gasteiger charge is 2.51. The number of thiophene rings is 1. The molecule has 5 aromatic rings. The van der Waals surface area contributed by atoms with Gasteiger partial charge >= 0.3 is 12.0 Å². The van der Waals surface area contributed by atoms with E-state index in [0.29, 0.717) is 36.7 Å². The lowest BCUT2D eigenvalue weighted by Crippen LogP contribution is -2.69. The summed E-state index contributed by atoms with van der Waals surface area (Å²) in [5.41, 5.74) is 6.70. The van der Waals surface area contributed by atoms with Gasteiger partial charge in [0.05, 0.1) is 26.4 Å². The van der Waals surface area contributed by atoms with Crippen LogP contribution in [0.1, 0.15) is 69.7 Å². The van der Waals surface area contributed by atoms with Crippen LogP contribution >= 0.6 is 34.9 Å². The van der Waals surface area contributed by atoms with Crippen molar-refractivity contribution < 1.29 is 18.3 Å². The van der Waals surface area contributed by atoms with Crippen LogP contribution in [0.3, 0.4) is 0 Å². The number of aromatic nitrogens is 5. The minimum atomic E-state index is -0.760. The number of likely N-dealkylation sites (tertiary alicyclic amines) is 1. The van der Waals surface area contributed by atoms with E-state index in [1.165, 1.54) is 23.1 Å². The van der Waals surface area contributed by atoms with E-state index in [2.05, 4.69) is 31.9 Å². The second-order valence-corrected chi connectivity index (χ2v) is 18.1. The fourth-order valence-electron chi connectivity index (χ4n) is 8.88. The molecule has 9 rings (SSSR count). The van der Waals surface area contributed by atoms with E-state index >= 15 is 8.78 Å². The Morgan fingerprint density at radius 1 is 1.20 bits per heavy atom. The van der Waals surface area contributed by atoms with E-state index in [4.69, 9.17) is 32.0 Å². The summed E-state index contributed by atoms with van der Waals surface area (Å²) in [7, 11) is 0. The summed E-state index contributed by atoms with van der Waals surface area (Å²) < 4.78 is 42.7. The van der Waals surface area contributed by atoms with E-state index in [9.17, 15) is 10.1 Å². The van der Waals surface area contributed by atoms with E-state index in [1.54, 1.807) is 18.0 Å². The second-order valence-electron chi connectivity index (χ2n) is 15.6. The van der Waals surface area contributed by atoms with Gasteiger partial charge in [-0.25, -0.2) is 22.9 Å². The molecule has 2 aromatic carbocycles. The summed E-state index contributed by atoms with van der Waals surface area (Å²) >= 11 is 9.71. The monoisotopic (exact) mass is 816 g/mol. The highest BCUT2D eigenvalue weighted by molar-refractivity contribution is 7.97. The number of fused-ring (bicyclic) bond motifs is 3. The van der Waals surface area contributed by atoms with Crippen molar-refractivity contribution in [2.24, 2.45) is 0 Å². The normalized spacial score (nSPS) is 22.6. The Balaban J connectivity index is 1.15. The number of ether oxygens (including phenoxy) is 1. The molecule has 4 aliphatic heterocycles. The lowest BCUT2D eigenvalue weighted by molar-refractivity contribution is 0.0117. The molecule has 2 N–H and O–H groups in total. The van der Waals surface area contributed by atoms with Gasteiger partial charge in [-0.3, -0.25) is 0 Å². The Kier molecular flexibility index (Phi) is 9.14. The first kappa shape index (κ1) is 37.0. The van der Waals surface area contributed by atoms with Crippen LogP contribution in [0.25, 0.3) is 32.1 Å². The number of nitrogen functional groups attached to an aromatic ring is 1. The SMILES string of the molecule is C=C1CN2SCCCC2(COc2nc(N3CCCC4(CCN4C(=O)n4cnc(C(C)C)n4)C3)c3cc(Cl)c(-c4ccc(F)c5sc(N)c(C#N)c45)c(F)c3n2)C1. The van der Waals surface area contributed by atoms with Gasteiger partial charge in [0, 0.05) is 54.2 Å². The summed E-state index contributed by atoms with van der Waals surface area (Å²) in [5, 5.41) is 15.2. The Labute approximate surface area is 335 Å². The summed E-state index contributed by atoms with van der Waals surface area (Å²) in [6.07, 6.45) is 6.50. The number of nitrogens with zero attached hydrogens (tertiary/aromatic N) is 9. The Morgan fingerprint density at radius 2 is 2.04 bits per heavy atom. The molecule has 4 saturated heterocycles. The predicted octanol–water partition coefficient (Wildman–Crippen LogP) is 8.15. The van der Waals surface area contributed by atoms with Crippen molar-refractivity contribution in [3.8, 4) is 23.2 Å². The van der Waals surface area contributed by atoms with Crippen LogP contribution in [0, 0.1) is 23.0 Å². The molecular formula is C39H39ClF2N10O2S2. The molecule has 4 fully saturated rings. The number of rotatable bonds is 6. The van der Waals surface area contributed by atoms with Crippen molar-refractivity contribution in [1.29, 1.82) is 5.26 Å². The van der Waals surface area contributed by atoms with Gasteiger partial charge in [0.1, 0.15) is 41.2 Å². The number of carbonyl (C=O) groups excluding carboxylic acids is 1. The number of hydrogen-bond donors (Lipinski definition) is 1. The fourth-order valence-corrected chi connectivity index (χ4v) is 11.4. The number of halogens is 3. The molecule has 2 unspecified atom stereocenters. The van der Waals surface area contributed by atoms with Gasteiger partial charge in [-0.15, -0.1) is 16.4 Å². The molecule has 0 saturated carbocycles. The first-order valence-corrected chi connectivity index (χ1v) is 20.8. The molecule has 0 aliphatic carbocycles. The summed E-state index contributed by atoms with van der Waals surface area (Å²) in [6, 6.07) is 6.09. The molecule has 0 radical (unpaired) electrons. The van der Waals surface area contributed by atoms with Gasteiger partial charge in [-0.1, -0.05) is 55.6 Å². The largest absolute Gasteiger partial charge is 0.461 e. The number of nitrogens with two attached hydrogens (primary N) is 1. The molecule has 290 valence electrons. The standard InChI is InChI=1S/C39H39ClF2N10O2S2/c1-21(2)34-45-20-51(48-34)37(53)50-12-10-38(50)8-4-11-49(18-38)35-24-14-26(40)29(23-6-7-27(41)32-28(23)25(16-43)33(44)56-32)30(42)31(24)46-36(47-35)54-19-39-9-5-13-55-52(39)17-22(3)15-39/h6-7,14,20-21H,3-5,8-13,15,17-19,44H2,1-2H3. The van der Waals surface area contributed by atoms with Gasteiger partial charge in [-0.05, 0) is 56.2 Å². The van der Waals surface area contributed by atoms with Crippen molar-refractivity contribution in [3.05, 3.63) is 64.7 Å². The lowest BCUT2D eigenvalue weighted by atomic mass is 9.78. The third kappa shape index (κ3) is 5.88. The first-order valence-electron chi connectivity index (χ1n) is 18.7. The fraction of sp³-hybridized carbons (Fsp3) is 0.436. The van der Waals surface area contributed by atoms with Gasteiger partial charge in [0.15, 0.2) is 11.6 Å². The van der Waals surface area contributed by atoms with Gasteiger partial charge in [-0.2, -0.15) is 19.9 Å². The van der Waals surface area contributed by atoms with Crippen LogP contribution in [0.15, 0.2) is 36.7 Å². The van der Waals surface area contributed by atoms with Crippen molar-refractivity contribution in [3.63, 3.8) is 0 Å². The zero-order valence-electron chi connectivity index (χ0n) is 30.9. The van der Waals surface area contributed by atoms with Crippen molar-refractivity contribution in [1.82, 2.24) is 33.9 Å². The molecule has 17 heteroatoms. The van der Waals surface area contributed by atoms with Crippen molar-refractivity contribution >= 4 is 72.7 Å². The maximum Gasteiger partial charge on any atom is 0.346 e. The average molecular weight is 817 g/mol. The highest BCUT2D eigenvalue weighted by Crippen LogP contribution is 2.48. The van der Waals surface area contributed by atoms with Gasteiger partial charge < -0.3 is 20.3 Å². The van der Waals surface area contributed by atoms with E-state index < -0.39 is 17.2 Å². The molecular weight excluding hydrogens is 778 g/mol. The average Bonchev–Trinajstić information content (AvgIpc) is 3.90. The summed E-state index contributed by atoms with van der Waals surface area (Å²) in [4.78, 5) is 31.7. The van der Waals surface area contributed by atoms with E-state index in [1.807, 2.05) is 18.7 Å². The molecule has 12 nitrogen and oxygen atoms in total. The van der Waals surface area contributed by atoms with Crippen molar-refractivity contribution in [2.75, 3.05) is 49.2 Å². The second kappa shape index (κ2) is 13.8. The van der Waals surface area contributed by atoms with Crippen LogP contribution in [-0.2, 0) is 0 Å². The van der Waals surface area contributed by atoms with E-state index in [0.717, 1.165) is 67.7 Å². The quantitative estimate of drug-likeness (QED) is 0.131. The molecule has 2 atom stereocenters. The topological polar surface area (TPSA) is 142 Å². The minimum Gasteiger partial charge on any atom is -0.461 e. The number of carbonyl (C=O) groups is 1. The zero-order chi connectivity index (χ0) is 39.1. The number of piperidine rings is 1. The maximum atomic E-state index is 17.4. The molecule has 7 heterocycles. The van der Waals surface area contributed by atoms with Crippen molar-refractivity contribution in [2.45, 2.75) is 69.4 Å². The Hall–Kier alpha value is -4.56. The predicted molar refractivity (Wildman–Crippen MR) is 215 cm³/mol. The van der Waals surface area contributed by atoms with Crippen LogP contribution in [-0.4, -0.2) is 89.6 Å². The number of benzene rings is 2. The van der Waals surface area contributed by atoms with E-state index in [-0.39, 0.29) is 72.4 Å². The summed E-state index contributed by atoms with van der Waals surface area (Å²) in [6.45, 7) is 10.9. The Morgan fingerprint density at radius 3 is 2.79 bits per heavy atom. The highest BCUT2D eigenvalue weighted by atomic mass is 35.5. The van der Waals surface area contributed by atoms with Crippen LogP contribution < -0.4 is 15.4 Å².